The first-order valence-corrected chi connectivity index (χ1v) is 8.09. The Morgan fingerprint density at radius 2 is 2.00 bits per heavy atom. The van der Waals surface area contributed by atoms with E-state index in [-0.39, 0.29) is 5.91 Å². The molecular weight excluding hydrogens is 262 g/mol. The molecular formula is C17H25N3O. The molecule has 2 aliphatic rings. The van der Waals surface area contributed by atoms with Crippen LogP contribution in [0.1, 0.15) is 54.4 Å². The molecule has 0 spiro atoms. The van der Waals surface area contributed by atoms with E-state index in [9.17, 15) is 4.79 Å². The average Bonchev–Trinajstić information content (AvgIpc) is 2.53. The van der Waals surface area contributed by atoms with Crippen molar-refractivity contribution in [2.75, 3.05) is 12.0 Å². The molecule has 4 nitrogen and oxygen atoms in total. The fraction of sp³-hybridized carbons (Fsp3) is 0.588. The molecule has 0 aromatic heterocycles. The Balaban J connectivity index is 1.81. The Bertz CT molecular complexity index is 527. The van der Waals surface area contributed by atoms with Gasteiger partial charge in [0.1, 0.15) is 0 Å². The molecule has 4 heteroatoms. The molecule has 2 fully saturated rings. The lowest BCUT2D eigenvalue weighted by atomic mass is 9.78. The fourth-order valence-corrected chi connectivity index (χ4v) is 4.00. The van der Waals surface area contributed by atoms with Gasteiger partial charge in [0.15, 0.2) is 0 Å². The van der Waals surface area contributed by atoms with Gasteiger partial charge in [-0.3, -0.25) is 10.6 Å². The molecule has 21 heavy (non-hydrogen) atoms. The highest BCUT2D eigenvalue weighted by atomic mass is 16.2. The van der Waals surface area contributed by atoms with Crippen molar-refractivity contribution in [3.63, 3.8) is 0 Å². The number of nitrogen functional groups attached to an aromatic ring is 1. The normalized spacial score (nSPS) is 25.3. The maximum atomic E-state index is 12.9. The summed E-state index contributed by atoms with van der Waals surface area (Å²) in [4.78, 5) is 15.0. The fourth-order valence-electron chi connectivity index (χ4n) is 4.00. The van der Waals surface area contributed by atoms with Gasteiger partial charge in [0, 0.05) is 18.2 Å². The summed E-state index contributed by atoms with van der Waals surface area (Å²) in [5.41, 5.74) is 5.34. The van der Waals surface area contributed by atoms with Gasteiger partial charge in [-0.1, -0.05) is 12.8 Å². The number of hydrazine groups is 1. The smallest absolute Gasteiger partial charge is 0.254 e. The summed E-state index contributed by atoms with van der Waals surface area (Å²) in [6, 6.07) is 6.19. The van der Waals surface area contributed by atoms with E-state index < -0.39 is 0 Å². The van der Waals surface area contributed by atoms with Gasteiger partial charge >= 0.3 is 0 Å². The molecule has 0 radical (unpaired) electrons. The number of hydrogen-bond acceptors (Lipinski definition) is 3. The van der Waals surface area contributed by atoms with E-state index in [0.29, 0.717) is 6.04 Å². The van der Waals surface area contributed by atoms with Crippen molar-refractivity contribution in [2.24, 2.45) is 11.8 Å². The molecule has 1 amide bonds. The number of piperidine rings is 1. The van der Waals surface area contributed by atoms with Crippen LogP contribution in [0.2, 0.25) is 0 Å². The number of rotatable bonds is 2. The van der Waals surface area contributed by atoms with Gasteiger partial charge in [-0.05, 0) is 62.3 Å². The van der Waals surface area contributed by atoms with Crippen LogP contribution in [-0.4, -0.2) is 23.4 Å². The zero-order valence-corrected chi connectivity index (χ0v) is 12.8. The zero-order valence-electron chi connectivity index (χ0n) is 12.8. The summed E-state index contributed by atoms with van der Waals surface area (Å²) >= 11 is 0. The minimum atomic E-state index is 0.193. The van der Waals surface area contributed by atoms with Crippen molar-refractivity contribution < 1.29 is 4.79 Å². The third-order valence-corrected chi connectivity index (χ3v) is 5.13. The summed E-state index contributed by atoms with van der Waals surface area (Å²) in [6.45, 7) is 2.89. The van der Waals surface area contributed by atoms with Crippen LogP contribution in [0, 0.1) is 12.8 Å². The molecule has 1 aromatic carbocycles. The van der Waals surface area contributed by atoms with Crippen LogP contribution in [0.3, 0.4) is 0 Å². The number of nitrogens with zero attached hydrogens (tertiary/aromatic N) is 1. The molecule has 0 bridgehead atoms. The molecule has 3 rings (SSSR count). The standard InChI is InChI=1S/C17H25N3O/c1-12-11-14(8-9-15(12)19-18)17(21)20-10-4-6-13-5-2-3-7-16(13)20/h8-9,11,13,16,19H,2-7,10,18H2,1H3. The molecule has 1 saturated heterocycles. The molecule has 1 aliphatic heterocycles. The van der Waals surface area contributed by atoms with Gasteiger partial charge in [-0.2, -0.15) is 0 Å². The number of likely N-dealkylation sites (tertiary alicyclic amines) is 1. The molecule has 114 valence electrons. The number of carbonyl (C=O) groups excluding carboxylic acids is 1. The van der Waals surface area contributed by atoms with Gasteiger partial charge in [0.05, 0.1) is 5.69 Å². The first kappa shape index (κ1) is 14.4. The topological polar surface area (TPSA) is 58.4 Å². The van der Waals surface area contributed by atoms with Crippen molar-refractivity contribution in [1.82, 2.24) is 4.90 Å². The summed E-state index contributed by atoms with van der Waals surface area (Å²) in [5, 5.41) is 0. The Hall–Kier alpha value is -1.55. The van der Waals surface area contributed by atoms with E-state index >= 15 is 0 Å². The lowest BCUT2D eigenvalue weighted by molar-refractivity contribution is 0.0390. The van der Waals surface area contributed by atoms with E-state index in [4.69, 9.17) is 5.84 Å². The first-order chi connectivity index (χ1) is 10.2. The maximum Gasteiger partial charge on any atom is 0.254 e. The van der Waals surface area contributed by atoms with Crippen LogP contribution >= 0.6 is 0 Å². The Morgan fingerprint density at radius 1 is 1.24 bits per heavy atom. The Morgan fingerprint density at radius 3 is 2.76 bits per heavy atom. The molecule has 3 N–H and O–H groups in total. The average molecular weight is 287 g/mol. The van der Waals surface area contributed by atoms with E-state index in [0.717, 1.165) is 35.7 Å². The SMILES string of the molecule is Cc1cc(C(=O)N2CCCC3CCCCC32)ccc1NN. The van der Waals surface area contributed by atoms with Gasteiger partial charge < -0.3 is 10.3 Å². The molecule has 1 aliphatic carbocycles. The first-order valence-electron chi connectivity index (χ1n) is 8.09. The van der Waals surface area contributed by atoms with Crippen molar-refractivity contribution in [2.45, 2.75) is 51.5 Å². The largest absolute Gasteiger partial charge is 0.335 e. The van der Waals surface area contributed by atoms with Gasteiger partial charge in [-0.15, -0.1) is 0 Å². The van der Waals surface area contributed by atoms with Crippen LogP contribution < -0.4 is 11.3 Å². The van der Waals surface area contributed by atoms with Gasteiger partial charge in [-0.25, -0.2) is 0 Å². The number of nitrogens with two attached hydrogens (primary N) is 1. The number of aryl methyl sites for hydroxylation is 1. The number of amides is 1. The minimum Gasteiger partial charge on any atom is -0.335 e. The number of benzene rings is 1. The molecule has 1 aromatic rings. The van der Waals surface area contributed by atoms with E-state index in [1.54, 1.807) is 0 Å². The highest BCUT2D eigenvalue weighted by Crippen LogP contribution is 2.36. The monoisotopic (exact) mass is 287 g/mol. The summed E-state index contributed by atoms with van der Waals surface area (Å²) in [5.74, 6) is 6.38. The predicted molar refractivity (Wildman–Crippen MR) is 85.0 cm³/mol. The third-order valence-electron chi connectivity index (χ3n) is 5.13. The van der Waals surface area contributed by atoms with Crippen LogP contribution in [0.4, 0.5) is 5.69 Å². The predicted octanol–water partition coefficient (Wildman–Crippen LogP) is 3.08. The highest BCUT2D eigenvalue weighted by Gasteiger charge is 2.35. The second kappa shape index (κ2) is 6.06. The second-order valence-electron chi connectivity index (χ2n) is 6.43. The van der Waals surface area contributed by atoms with Gasteiger partial charge in [0.2, 0.25) is 0 Å². The van der Waals surface area contributed by atoms with E-state index in [1.165, 1.54) is 32.1 Å². The van der Waals surface area contributed by atoms with Crippen molar-refractivity contribution in [3.8, 4) is 0 Å². The van der Waals surface area contributed by atoms with Crippen LogP contribution in [0.15, 0.2) is 18.2 Å². The molecule has 2 unspecified atom stereocenters. The molecule has 1 heterocycles. The summed E-state index contributed by atoms with van der Waals surface area (Å²) in [7, 11) is 0. The Kier molecular flexibility index (Phi) is 4.15. The zero-order chi connectivity index (χ0) is 14.8. The van der Waals surface area contributed by atoms with Gasteiger partial charge in [0.25, 0.3) is 5.91 Å². The van der Waals surface area contributed by atoms with Crippen LogP contribution in [0.25, 0.3) is 0 Å². The third kappa shape index (κ3) is 2.77. The second-order valence-corrected chi connectivity index (χ2v) is 6.43. The summed E-state index contributed by atoms with van der Waals surface area (Å²) in [6.07, 6.45) is 7.51. The van der Waals surface area contributed by atoms with Crippen molar-refractivity contribution >= 4 is 11.6 Å². The van der Waals surface area contributed by atoms with E-state index in [2.05, 4.69) is 10.3 Å². The molecule has 1 saturated carbocycles. The van der Waals surface area contributed by atoms with Crippen LogP contribution in [-0.2, 0) is 0 Å². The van der Waals surface area contributed by atoms with Crippen LogP contribution in [0.5, 0.6) is 0 Å². The summed E-state index contributed by atoms with van der Waals surface area (Å²) < 4.78 is 0. The number of fused-ring (bicyclic) bond motifs is 1. The minimum absolute atomic E-state index is 0.193. The maximum absolute atomic E-state index is 12.9. The number of nitrogens with one attached hydrogen (secondary N) is 1. The lowest BCUT2D eigenvalue weighted by Gasteiger charge is -2.44. The number of anilines is 1. The molecule has 2 atom stereocenters. The van der Waals surface area contributed by atoms with Crippen molar-refractivity contribution in [1.29, 1.82) is 0 Å². The van der Waals surface area contributed by atoms with Crippen molar-refractivity contribution in [3.05, 3.63) is 29.3 Å². The lowest BCUT2D eigenvalue weighted by Crippen LogP contribution is -2.49. The number of hydrogen-bond donors (Lipinski definition) is 2. The Labute approximate surface area is 126 Å². The number of carbonyl (C=O) groups is 1. The van der Waals surface area contributed by atoms with E-state index in [1.807, 2.05) is 25.1 Å². The highest BCUT2D eigenvalue weighted by molar-refractivity contribution is 5.95. The quantitative estimate of drug-likeness (QED) is 0.649.